The molecule has 39 heavy (non-hydrogen) atoms. The van der Waals surface area contributed by atoms with Gasteiger partial charge in [0.1, 0.15) is 33.7 Å². The number of hydrogen-bond donors (Lipinski definition) is 2. The Hall–Kier alpha value is -4.04. The second kappa shape index (κ2) is 9.61. The van der Waals surface area contributed by atoms with Gasteiger partial charge in [0.15, 0.2) is 0 Å². The van der Waals surface area contributed by atoms with E-state index in [0.29, 0.717) is 35.5 Å². The number of carbonyl (C=O) groups excluding carboxylic acids is 2. The molecule has 1 heterocycles. The highest BCUT2D eigenvalue weighted by molar-refractivity contribution is 7.90. The van der Waals surface area contributed by atoms with Gasteiger partial charge in [0.05, 0.1) is 15.7 Å². The van der Waals surface area contributed by atoms with Crippen molar-refractivity contribution in [3.05, 3.63) is 88.9 Å². The maximum absolute atomic E-state index is 14.1. The first-order chi connectivity index (χ1) is 18.4. The molecule has 1 aromatic heterocycles. The summed E-state index contributed by atoms with van der Waals surface area (Å²) >= 11 is 1.39. The van der Waals surface area contributed by atoms with E-state index in [2.05, 4.69) is 10.3 Å². The fraction of sp³-hybridized carbons (Fsp3) is 0.160. The third-order valence-corrected chi connectivity index (χ3v) is 8.54. The number of nitrogens with one attached hydrogen (secondary N) is 2. The molecule has 1 fully saturated rings. The highest BCUT2D eigenvalue weighted by Crippen LogP contribution is 2.53. The Morgan fingerprint density at radius 2 is 1.72 bits per heavy atom. The molecular formula is C25H18F4N4O4S2. The summed E-state index contributed by atoms with van der Waals surface area (Å²) in [5.41, 5.74) is 0.876. The number of anilines is 1. The summed E-state index contributed by atoms with van der Waals surface area (Å²) in [6.45, 7) is 0. The Kier molecular flexibility index (Phi) is 6.55. The van der Waals surface area contributed by atoms with E-state index < -0.39 is 61.6 Å². The van der Waals surface area contributed by atoms with Crippen LogP contribution in [0, 0.1) is 23.3 Å². The quantitative estimate of drug-likeness (QED) is 0.329. The van der Waals surface area contributed by atoms with Gasteiger partial charge < -0.3 is 10.2 Å². The van der Waals surface area contributed by atoms with E-state index in [1.807, 2.05) is 0 Å². The molecule has 202 valence electrons. The number of urea groups is 1. The number of fused-ring (bicyclic) bond motifs is 1. The van der Waals surface area contributed by atoms with Crippen LogP contribution < -0.4 is 14.9 Å². The molecule has 3 amide bonds. The van der Waals surface area contributed by atoms with E-state index in [1.165, 1.54) is 23.3 Å². The topological polar surface area (TPSA) is 108 Å². The zero-order chi connectivity index (χ0) is 28.1. The van der Waals surface area contributed by atoms with Crippen LogP contribution in [-0.4, -0.2) is 37.9 Å². The molecule has 2 unspecified atom stereocenters. The lowest BCUT2D eigenvalue weighted by Gasteiger charge is -2.26. The molecule has 0 bridgehead atoms. The molecule has 5 rings (SSSR count). The van der Waals surface area contributed by atoms with Crippen LogP contribution in [0.1, 0.15) is 17.9 Å². The van der Waals surface area contributed by atoms with E-state index in [0.717, 1.165) is 16.8 Å². The van der Waals surface area contributed by atoms with E-state index >= 15 is 0 Å². The highest BCUT2D eigenvalue weighted by atomic mass is 32.2. The SMILES string of the molecule is CN(C(=O)C1(NC(=O)NS(=O)(=O)c2cc(F)ccc2F)CC1c1cc(F)cc(F)c1)c1ccc2scnc2c1. The molecule has 0 spiro atoms. The largest absolute Gasteiger partial charge is 0.329 e. The van der Waals surface area contributed by atoms with Gasteiger partial charge in [-0.15, -0.1) is 11.3 Å². The van der Waals surface area contributed by atoms with Gasteiger partial charge in [-0.3, -0.25) is 4.79 Å². The van der Waals surface area contributed by atoms with Crippen molar-refractivity contribution in [3.8, 4) is 0 Å². The minimum atomic E-state index is -4.90. The number of likely N-dealkylation sites (N-methyl/N-ethyl adjacent to an activating group) is 1. The first-order valence-electron chi connectivity index (χ1n) is 11.3. The predicted octanol–water partition coefficient (Wildman–Crippen LogP) is 4.43. The second-order valence-corrected chi connectivity index (χ2v) is 11.5. The number of nitrogens with zero attached hydrogens (tertiary/aromatic N) is 2. The van der Waals surface area contributed by atoms with Gasteiger partial charge in [-0.1, -0.05) is 0 Å². The van der Waals surface area contributed by atoms with Gasteiger partial charge in [0.2, 0.25) is 0 Å². The van der Waals surface area contributed by atoms with Crippen LogP contribution in [0.15, 0.2) is 65.0 Å². The van der Waals surface area contributed by atoms with Crippen LogP contribution in [0.4, 0.5) is 28.0 Å². The maximum atomic E-state index is 14.1. The Morgan fingerprint density at radius 1 is 1.00 bits per heavy atom. The number of hydrogen-bond acceptors (Lipinski definition) is 6. The summed E-state index contributed by atoms with van der Waals surface area (Å²) in [6, 6.07) is 7.92. The first kappa shape index (κ1) is 26.6. The fourth-order valence-corrected chi connectivity index (χ4v) is 6.09. The smallest absolute Gasteiger partial charge is 0.322 e. The Labute approximate surface area is 223 Å². The Bertz CT molecular complexity index is 1730. The van der Waals surface area contributed by atoms with Crippen molar-refractivity contribution < 1.29 is 35.6 Å². The zero-order valence-corrected chi connectivity index (χ0v) is 21.5. The van der Waals surface area contributed by atoms with Crippen LogP contribution in [-0.2, 0) is 14.8 Å². The van der Waals surface area contributed by atoms with Gasteiger partial charge in [-0.25, -0.2) is 40.5 Å². The number of amides is 3. The number of aromatic nitrogens is 1. The molecule has 14 heteroatoms. The van der Waals surface area contributed by atoms with Crippen LogP contribution in [0.25, 0.3) is 10.2 Å². The molecule has 3 aromatic carbocycles. The first-order valence-corrected chi connectivity index (χ1v) is 13.6. The molecule has 0 radical (unpaired) electrons. The van der Waals surface area contributed by atoms with Crippen LogP contribution >= 0.6 is 11.3 Å². The van der Waals surface area contributed by atoms with E-state index in [1.54, 1.807) is 28.4 Å². The van der Waals surface area contributed by atoms with Gasteiger partial charge in [-0.05, 0) is 60.5 Å². The zero-order valence-electron chi connectivity index (χ0n) is 19.9. The normalized spacial score (nSPS) is 18.5. The van der Waals surface area contributed by atoms with Gasteiger partial charge in [0.25, 0.3) is 15.9 Å². The molecule has 8 nitrogen and oxygen atoms in total. The number of carbonyl (C=O) groups is 2. The second-order valence-electron chi connectivity index (χ2n) is 8.93. The van der Waals surface area contributed by atoms with E-state index in [-0.39, 0.29) is 12.0 Å². The minimum Gasteiger partial charge on any atom is -0.322 e. The number of rotatable bonds is 6. The summed E-state index contributed by atoms with van der Waals surface area (Å²) in [5, 5.41) is 2.30. The Morgan fingerprint density at radius 3 is 2.44 bits per heavy atom. The number of thiazole rings is 1. The summed E-state index contributed by atoms with van der Waals surface area (Å²) in [6.07, 6.45) is -0.125. The summed E-state index contributed by atoms with van der Waals surface area (Å²) in [5.74, 6) is -5.82. The molecule has 1 aliphatic rings. The monoisotopic (exact) mass is 578 g/mol. The lowest BCUT2D eigenvalue weighted by molar-refractivity contribution is -0.121. The number of sulfonamides is 1. The fourth-order valence-electron chi connectivity index (χ4n) is 4.43. The lowest BCUT2D eigenvalue weighted by atomic mass is 10.0. The highest BCUT2D eigenvalue weighted by Gasteiger charge is 2.63. The third-order valence-electron chi connectivity index (χ3n) is 6.38. The summed E-state index contributed by atoms with van der Waals surface area (Å²) in [4.78, 5) is 30.9. The minimum absolute atomic E-state index is 0.0588. The third kappa shape index (κ3) is 5.04. The Balaban J connectivity index is 1.46. The van der Waals surface area contributed by atoms with Crippen molar-refractivity contribution >= 4 is 49.2 Å². The molecular weight excluding hydrogens is 560 g/mol. The molecule has 1 aliphatic carbocycles. The van der Waals surface area contributed by atoms with Gasteiger partial charge in [-0.2, -0.15) is 0 Å². The molecule has 2 atom stereocenters. The van der Waals surface area contributed by atoms with Crippen molar-refractivity contribution in [3.63, 3.8) is 0 Å². The van der Waals surface area contributed by atoms with Gasteiger partial charge >= 0.3 is 6.03 Å². The maximum Gasteiger partial charge on any atom is 0.329 e. The lowest BCUT2D eigenvalue weighted by Crippen LogP contribution is -2.54. The number of halogens is 4. The molecule has 2 N–H and O–H groups in total. The summed E-state index contributed by atoms with van der Waals surface area (Å²) in [7, 11) is -3.48. The molecule has 0 aliphatic heterocycles. The van der Waals surface area contributed by atoms with Crippen LogP contribution in [0.3, 0.4) is 0 Å². The number of benzene rings is 3. The van der Waals surface area contributed by atoms with Crippen molar-refractivity contribution in [2.24, 2.45) is 0 Å². The molecule has 0 saturated heterocycles. The standard InChI is InChI=1S/C25H18F4N4O4S2/c1-33(17-3-5-21-20(10-17)30-12-38-21)23(34)25(11-18(25)13-6-15(27)8-16(28)7-13)31-24(35)32-39(36,37)22-9-14(26)2-4-19(22)29/h2-10,12,18H,11H2,1H3,(H2,31,32,35). The van der Waals surface area contributed by atoms with Crippen molar-refractivity contribution in [2.45, 2.75) is 22.8 Å². The molecule has 1 saturated carbocycles. The average molecular weight is 579 g/mol. The van der Waals surface area contributed by atoms with E-state index in [4.69, 9.17) is 0 Å². The van der Waals surface area contributed by atoms with E-state index in [9.17, 15) is 35.6 Å². The van der Waals surface area contributed by atoms with Crippen molar-refractivity contribution in [1.29, 1.82) is 0 Å². The van der Waals surface area contributed by atoms with Crippen LogP contribution in [0.2, 0.25) is 0 Å². The van der Waals surface area contributed by atoms with Gasteiger partial charge in [0, 0.05) is 24.7 Å². The predicted molar refractivity (Wildman–Crippen MR) is 135 cm³/mol. The van der Waals surface area contributed by atoms with Crippen LogP contribution in [0.5, 0.6) is 0 Å². The average Bonchev–Trinajstić information content (AvgIpc) is 3.39. The molecule has 4 aromatic rings. The van der Waals surface area contributed by atoms with Crippen molar-refractivity contribution in [2.75, 3.05) is 11.9 Å². The van der Waals surface area contributed by atoms with Crippen molar-refractivity contribution in [1.82, 2.24) is 15.0 Å². The summed E-state index contributed by atoms with van der Waals surface area (Å²) < 4.78 is 83.2.